The average Bonchev–Trinajstić information content (AvgIpc) is 2.77. The molecular weight excluding hydrogens is 360 g/mol. The number of hydrogen-bond donors (Lipinski definition) is 1. The lowest BCUT2D eigenvalue weighted by molar-refractivity contribution is 0.300. The molecule has 2 heterocycles. The lowest BCUT2D eigenvalue weighted by Gasteiger charge is -2.30. The summed E-state index contributed by atoms with van der Waals surface area (Å²) in [4.78, 5) is 0. The number of thiophene rings is 1. The molecule has 0 spiro atoms. The molecule has 4 nitrogen and oxygen atoms in total. The van der Waals surface area contributed by atoms with Crippen molar-refractivity contribution >= 4 is 49.7 Å². The predicted octanol–water partition coefficient (Wildman–Crippen LogP) is 2.30. The number of sulfonamides is 1. The second-order valence-corrected chi connectivity index (χ2v) is 8.77. The largest absolute Gasteiger partial charge is 0.315 e. The lowest BCUT2D eigenvalue weighted by Crippen LogP contribution is -2.46. The van der Waals surface area contributed by atoms with Crippen LogP contribution in [0, 0.1) is 0 Å². The van der Waals surface area contributed by atoms with Gasteiger partial charge in [0.05, 0.1) is 3.79 Å². The minimum Gasteiger partial charge on any atom is -0.315 e. The first-order chi connectivity index (χ1) is 8.01. The van der Waals surface area contributed by atoms with Crippen LogP contribution in [0.25, 0.3) is 0 Å². The van der Waals surface area contributed by atoms with Gasteiger partial charge in [0.15, 0.2) is 0 Å². The van der Waals surface area contributed by atoms with Gasteiger partial charge < -0.3 is 5.32 Å². The summed E-state index contributed by atoms with van der Waals surface area (Å²) in [7, 11) is -1.67. The van der Waals surface area contributed by atoms with Gasteiger partial charge in [-0.05, 0) is 47.4 Å². The summed E-state index contributed by atoms with van der Waals surface area (Å²) in [6.45, 7) is 1.72. The Balaban J connectivity index is 0.00000162. The Hall–Kier alpha value is 0.340. The van der Waals surface area contributed by atoms with Crippen molar-refractivity contribution in [3.63, 3.8) is 0 Å². The van der Waals surface area contributed by atoms with Crippen LogP contribution in [0.4, 0.5) is 0 Å². The molecule has 0 bridgehead atoms. The molecule has 0 unspecified atom stereocenters. The Morgan fingerprint density at radius 3 is 2.72 bits per heavy atom. The van der Waals surface area contributed by atoms with E-state index in [4.69, 9.17) is 0 Å². The molecule has 0 amide bonds. The molecule has 1 aliphatic rings. The van der Waals surface area contributed by atoms with E-state index in [9.17, 15) is 8.42 Å². The fraction of sp³-hybridized carbons (Fsp3) is 0.600. The van der Waals surface area contributed by atoms with E-state index in [2.05, 4.69) is 21.2 Å². The van der Waals surface area contributed by atoms with E-state index in [0.717, 1.165) is 29.7 Å². The summed E-state index contributed by atoms with van der Waals surface area (Å²) in [6.07, 6.45) is 1.95. The molecule has 104 valence electrons. The number of likely N-dealkylation sites (N-methyl/N-ethyl adjacent to an activating group) is 1. The van der Waals surface area contributed by atoms with Crippen LogP contribution in [0.3, 0.4) is 0 Å². The van der Waals surface area contributed by atoms with Gasteiger partial charge in [-0.25, -0.2) is 8.42 Å². The van der Waals surface area contributed by atoms with E-state index >= 15 is 0 Å². The molecule has 18 heavy (non-hydrogen) atoms. The normalized spacial score (nSPS) is 20.7. The summed E-state index contributed by atoms with van der Waals surface area (Å²) in [6, 6.07) is 3.48. The molecule has 8 heteroatoms. The number of nitrogens with one attached hydrogen (secondary N) is 1. The van der Waals surface area contributed by atoms with Gasteiger partial charge in [-0.3, -0.25) is 0 Å². The van der Waals surface area contributed by atoms with Gasteiger partial charge in [0, 0.05) is 19.6 Å². The highest BCUT2D eigenvalue weighted by molar-refractivity contribution is 9.11. The zero-order valence-corrected chi connectivity index (χ0v) is 14.0. The Morgan fingerprint density at radius 1 is 1.50 bits per heavy atom. The molecule has 0 radical (unpaired) electrons. The number of hydrogen-bond acceptors (Lipinski definition) is 4. The maximum atomic E-state index is 12.3. The van der Waals surface area contributed by atoms with Crippen LogP contribution >= 0.6 is 39.7 Å². The van der Waals surface area contributed by atoms with Crippen molar-refractivity contribution in [3.05, 3.63) is 15.9 Å². The molecule has 1 N–H and O–H groups in total. The average molecular weight is 376 g/mol. The number of nitrogens with zero attached hydrogens (tertiary/aromatic N) is 1. The second kappa shape index (κ2) is 6.67. The van der Waals surface area contributed by atoms with E-state index < -0.39 is 10.0 Å². The number of piperidine rings is 1. The maximum Gasteiger partial charge on any atom is 0.252 e. The lowest BCUT2D eigenvalue weighted by atomic mass is 10.1. The van der Waals surface area contributed by atoms with Gasteiger partial charge in [-0.15, -0.1) is 23.7 Å². The monoisotopic (exact) mass is 374 g/mol. The van der Waals surface area contributed by atoms with Gasteiger partial charge in [-0.1, -0.05) is 0 Å². The van der Waals surface area contributed by atoms with Crippen molar-refractivity contribution in [2.45, 2.75) is 23.1 Å². The third kappa shape index (κ3) is 3.46. The standard InChI is InChI=1S/C10H15BrN2O2S2.ClH/c1-13(8-3-2-6-12-7-8)17(14,15)10-5-4-9(11)16-10;/h4-5,8,12H,2-3,6-7H2,1H3;1H/t8-;/m0./s1. The minimum atomic E-state index is -3.34. The van der Waals surface area contributed by atoms with Gasteiger partial charge in [-0.2, -0.15) is 4.31 Å². The van der Waals surface area contributed by atoms with Crippen LogP contribution in [-0.4, -0.2) is 38.9 Å². The van der Waals surface area contributed by atoms with Gasteiger partial charge in [0.1, 0.15) is 4.21 Å². The summed E-state index contributed by atoms with van der Waals surface area (Å²) >= 11 is 4.55. The van der Waals surface area contributed by atoms with Crippen LogP contribution in [0.5, 0.6) is 0 Å². The van der Waals surface area contributed by atoms with Gasteiger partial charge >= 0.3 is 0 Å². The van der Waals surface area contributed by atoms with Crippen LogP contribution < -0.4 is 5.32 Å². The summed E-state index contributed by atoms with van der Waals surface area (Å²) in [5.41, 5.74) is 0. The van der Waals surface area contributed by atoms with Crippen LogP contribution in [0.1, 0.15) is 12.8 Å². The molecule has 1 atom stereocenters. The fourth-order valence-electron chi connectivity index (χ4n) is 1.92. The highest BCUT2D eigenvalue weighted by Crippen LogP contribution is 2.29. The predicted molar refractivity (Wildman–Crippen MR) is 80.1 cm³/mol. The zero-order chi connectivity index (χ0) is 12.5. The van der Waals surface area contributed by atoms with Crippen molar-refractivity contribution < 1.29 is 8.42 Å². The summed E-state index contributed by atoms with van der Waals surface area (Å²) in [5.74, 6) is 0. The number of halogens is 2. The molecule has 0 aromatic carbocycles. The highest BCUT2D eigenvalue weighted by atomic mass is 79.9. The smallest absolute Gasteiger partial charge is 0.252 e. The first-order valence-electron chi connectivity index (χ1n) is 5.46. The molecule has 0 saturated carbocycles. The van der Waals surface area contributed by atoms with Crippen LogP contribution in [-0.2, 0) is 10.0 Å². The second-order valence-electron chi connectivity index (χ2n) is 4.08. The van der Waals surface area contributed by atoms with Gasteiger partial charge in [0.25, 0.3) is 10.0 Å². The molecule has 2 rings (SSSR count). The molecule has 1 saturated heterocycles. The first kappa shape index (κ1) is 16.4. The number of rotatable bonds is 3. The minimum absolute atomic E-state index is 0. The summed E-state index contributed by atoms with van der Waals surface area (Å²) in [5, 5.41) is 3.23. The maximum absolute atomic E-state index is 12.3. The molecule has 0 aliphatic carbocycles. The quantitative estimate of drug-likeness (QED) is 0.882. The zero-order valence-electron chi connectivity index (χ0n) is 9.93. The van der Waals surface area contributed by atoms with Crippen LogP contribution in [0.2, 0.25) is 0 Å². The molecule has 1 aromatic rings. The Bertz CT molecular complexity index is 486. The van der Waals surface area contributed by atoms with Crippen molar-refractivity contribution in [2.24, 2.45) is 0 Å². The molecule has 1 aliphatic heterocycles. The van der Waals surface area contributed by atoms with E-state index in [1.807, 2.05) is 0 Å². The summed E-state index contributed by atoms with van der Waals surface area (Å²) < 4.78 is 27.4. The fourth-order valence-corrected chi connectivity index (χ4v) is 5.50. The highest BCUT2D eigenvalue weighted by Gasteiger charge is 2.29. The first-order valence-corrected chi connectivity index (χ1v) is 8.51. The van der Waals surface area contributed by atoms with Crippen molar-refractivity contribution in [2.75, 3.05) is 20.1 Å². The van der Waals surface area contributed by atoms with E-state index in [1.165, 1.54) is 15.6 Å². The topological polar surface area (TPSA) is 49.4 Å². The molecule has 1 fully saturated rings. The third-order valence-corrected chi connectivity index (χ3v) is 6.97. The Kier molecular flexibility index (Phi) is 6.08. The molecular formula is C10H16BrClN2O2S2. The van der Waals surface area contributed by atoms with Gasteiger partial charge in [0.2, 0.25) is 0 Å². The Labute approximate surface area is 126 Å². The van der Waals surface area contributed by atoms with Crippen LogP contribution in [0.15, 0.2) is 20.1 Å². The van der Waals surface area contributed by atoms with Crippen molar-refractivity contribution in [1.29, 1.82) is 0 Å². The SMILES string of the molecule is CN([C@H]1CCCNC1)S(=O)(=O)c1ccc(Br)s1.Cl. The molecule has 1 aromatic heterocycles. The Morgan fingerprint density at radius 2 is 2.22 bits per heavy atom. The van der Waals surface area contributed by atoms with E-state index in [-0.39, 0.29) is 18.4 Å². The van der Waals surface area contributed by atoms with Crippen molar-refractivity contribution in [1.82, 2.24) is 9.62 Å². The van der Waals surface area contributed by atoms with Crippen molar-refractivity contribution in [3.8, 4) is 0 Å². The third-order valence-electron chi connectivity index (χ3n) is 2.97. The van der Waals surface area contributed by atoms with E-state index in [0.29, 0.717) is 4.21 Å². The van der Waals surface area contributed by atoms with E-state index in [1.54, 1.807) is 19.2 Å².